The summed E-state index contributed by atoms with van der Waals surface area (Å²) in [5, 5.41) is 0. The maximum atomic E-state index is 14.5. The molecule has 1 unspecified atom stereocenters. The number of allylic oxidation sites excluding steroid dienone is 2. The molecule has 0 bridgehead atoms. The van der Waals surface area contributed by atoms with Crippen LogP contribution in [0.1, 0.15) is 121 Å². The minimum absolute atomic E-state index is 0.215. The number of halogens is 1. The number of benzene rings is 1. The number of rotatable bonds is 11. The van der Waals surface area contributed by atoms with Gasteiger partial charge >= 0.3 is 0 Å². The normalized spacial score (nSPS) is 19.9. The number of ether oxygens (including phenoxy) is 1. The molecule has 1 aromatic carbocycles. The molecular formula is C28H43FO. The lowest BCUT2D eigenvalue weighted by molar-refractivity contribution is 0.144. The van der Waals surface area contributed by atoms with E-state index in [1.165, 1.54) is 102 Å². The van der Waals surface area contributed by atoms with E-state index in [2.05, 4.69) is 19.1 Å². The van der Waals surface area contributed by atoms with Gasteiger partial charge in [0.1, 0.15) is 0 Å². The van der Waals surface area contributed by atoms with Crippen molar-refractivity contribution in [2.24, 2.45) is 5.41 Å². The molecule has 1 atom stereocenters. The number of unbranched alkanes of at least 4 members (excludes halogenated alkanes) is 2. The van der Waals surface area contributed by atoms with Gasteiger partial charge in [0.2, 0.25) is 0 Å². The molecule has 0 aromatic heterocycles. The van der Waals surface area contributed by atoms with Gasteiger partial charge in [0.15, 0.2) is 11.6 Å². The van der Waals surface area contributed by atoms with E-state index in [4.69, 9.17) is 4.74 Å². The molecule has 2 aliphatic rings. The van der Waals surface area contributed by atoms with E-state index < -0.39 is 0 Å². The van der Waals surface area contributed by atoms with Gasteiger partial charge in [-0.25, -0.2) is 4.39 Å². The number of methoxy groups -OCH3 is 1. The molecule has 168 valence electrons. The van der Waals surface area contributed by atoms with E-state index in [0.717, 1.165) is 6.42 Å². The third-order valence-electron chi connectivity index (χ3n) is 7.79. The summed E-state index contributed by atoms with van der Waals surface area (Å²) >= 11 is 0. The van der Waals surface area contributed by atoms with Crippen LogP contribution in [0.15, 0.2) is 29.8 Å². The van der Waals surface area contributed by atoms with Gasteiger partial charge in [-0.1, -0.05) is 63.2 Å². The summed E-state index contributed by atoms with van der Waals surface area (Å²) < 4.78 is 19.7. The van der Waals surface area contributed by atoms with Crippen LogP contribution in [0.4, 0.5) is 4.39 Å². The summed E-state index contributed by atoms with van der Waals surface area (Å²) in [4.78, 5) is 0. The molecule has 3 rings (SSSR count). The van der Waals surface area contributed by atoms with E-state index in [1.807, 2.05) is 6.07 Å². The molecule has 1 fully saturated rings. The summed E-state index contributed by atoms with van der Waals surface area (Å²) in [6, 6.07) is 5.68. The van der Waals surface area contributed by atoms with Gasteiger partial charge in [-0.3, -0.25) is 0 Å². The molecule has 1 saturated carbocycles. The highest BCUT2D eigenvalue weighted by atomic mass is 19.1. The Bertz CT molecular complexity index is 671. The van der Waals surface area contributed by atoms with Crippen LogP contribution in [0.3, 0.4) is 0 Å². The highest BCUT2D eigenvalue weighted by Crippen LogP contribution is 2.47. The first-order valence-corrected chi connectivity index (χ1v) is 12.7. The van der Waals surface area contributed by atoms with E-state index in [0.29, 0.717) is 17.1 Å². The Balaban J connectivity index is 1.74. The van der Waals surface area contributed by atoms with Crippen LogP contribution in [-0.2, 0) is 0 Å². The Labute approximate surface area is 184 Å². The topological polar surface area (TPSA) is 9.23 Å². The summed E-state index contributed by atoms with van der Waals surface area (Å²) in [6.07, 6.45) is 23.6. The molecule has 0 heterocycles. The molecule has 2 heteroatoms. The molecule has 0 amide bonds. The zero-order valence-electron chi connectivity index (χ0n) is 19.5. The third-order valence-corrected chi connectivity index (χ3v) is 7.79. The smallest absolute Gasteiger partial charge is 0.165 e. The molecule has 30 heavy (non-hydrogen) atoms. The van der Waals surface area contributed by atoms with Crippen LogP contribution in [0.25, 0.3) is 0 Å². The summed E-state index contributed by atoms with van der Waals surface area (Å²) in [5.41, 5.74) is 3.31. The van der Waals surface area contributed by atoms with Crippen molar-refractivity contribution in [2.45, 2.75) is 116 Å². The number of hydrogen-bond acceptors (Lipinski definition) is 1. The van der Waals surface area contributed by atoms with Gasteiger partial charge in [-0.05, 0) is 93.2 Å². The standard InChI is InChI=1S/C28H43FO/c1-3-4-9-17-28(18-10-6-11-19-28)20-16-25(21-23-12-7-5-8-13-23)24-14-15-27(30-2)26(29)22-24/h12,14-15,22,25H,3-11,13,16-21H2,1-2H3. The van der Waals surface area contributed by atoms with Crippen molar-refractivity contribution in [1.82, 2.24) is 0 Å². The molecule has 1 aromatic rings. The Morgan fingerprint density at radius 1 is 1.03 bits per heavy atom. The van der Waals surface area contributed by atoms with Gasteiger partial charge in [0.25, 0.3) is 0 Å². The second-order valence-corrected chi connectivity index (χ2v) is 9.96. The fourth-order valence-corrected chi connectivity index (χ4v) is 5.89. The van der Waals surface area contributed by atoms with Crippen molar-refractivity contribution >= 4 is 0 Å². The third kappa shape index (κ3) is 6.59. The molecule has 0 N–H and O–H groups in total. The Kier molecular flexibility index (Phi) is 9.27. The summed E-state index contributed by atoms with van der Waals surface area (Å²) in [5.74, 6) is 0.574. The van der Waals surface area contributed by atoms with Crippen LogP contribution < -0.4 is 4.74 Å². The average molecular weight is 415 g/mol. The van der Waals surface area contributed by atoms with E-state index in [-0.39, 0.29) is 5.82 Å². The fourth-order valence-electron chi connectivity index (χ4n) is 5.89. The first-order chi connectivity index (χ1) is 14.7. The minimum Gasteiger partial charge on any atom is -0.494 e. The van der Waals surface area contributed by atoms with Crippen molar-refractivity contribution in [3.63, 3.8) is 0 Å². The maximum Gasteiger partial charge on any atom is 0.165 e. The quantitative estimate of drug-likeness (QED) is 0.259. The molecule has 0 aliphatic heterocycles. The van der Waals surface area contributed by atoms with Crippen LogP contribution in [-0.4, -0.2) is 7.11 Å². The van der Waals surface area contributed by atoms with Crippen LogP contribution in [0.5, 0.6) is 5.75 Å². The lowest BCUT2D eigenvalue weighted by atomic mass is 9.66. The van der Waals surface area contributed by atoms with Gasteiger partial charge in [0.05, 0.1) is 7.11 Å². The highest BCUT2D eigenvalue weighted by molar-refractivity contribution is 5.32. The Morgan fingerprint density at radius 3 is 2.53 bits per heavy atom. The first-order valence-electron chi connectivity index (χ1n) is 12.7. The van der Waals surface area contributed by atoms with Crippen LogP contribution in [0.2, 0.25) is 0 Å². The minimum atomic E-state index is -0.215. The van der Waals surface area contributed by atoms with Crippen LogP contribution in [0, 0.1) is 11.2 Å². The van der Waals surface area contributed by atoms with Gasteiger partial charge in [0, 0.05) is 0 Å². The maximum absolute atomic E-state index is 14.5. The fraction of sp³-hybridized carbons (Fsp3) is 0.714. The average Bonchev–Trinajstić information content (AvgIpc) is 2.78. The molecule has 1 nitrogen and oxygen atoms in total. The monoisotopic (exact) mass is 414 g/mol. The van der Waals surface area contributed by atoms with E-state index >= 15 is 0 Å². The SMILES string of the molecule is CCCCCC1(CCC(CC2=CCCCC2)c2ccc(OC)c(F)c2)CCCCC1. The van der Waals surface area contributed by atoms with Crippen molar-refractivity contribution in [1.29, 1.82) is 0 Å². The van der Waals surface area contributed by atoms with Gasteiger partial charge < -0.3 is 4.74 Å². The van der Waals surface area contributed by atoms with E-state index in [1.54, 1.807) is 18.7 Å². The zero-order valence-corrected chi connectivity index (χ0v) is 19.5. The van der Waals surface area contributed by atoms with Crippen molar-refractivity contribution in [2.75, 3.05) is 7.11 Å². The van der Waals surface area contributed by atoms with Gasteiger partial charge in [-0.15, -0.1) is 0 Å². The summed E-state index contributed by atoms with van der Waals surface area (Å²) in [6.45, 7) is 2.31. The number of hydrogen-bond donors (Lipinski definition) is 0. The lowest BCUT2D eigenvalue weighted by Gasteiger charge is -2.39. The molecule has 0 saturated heterocycles. The summed E-state index contributed by atoms with van der Waals surface area (Å²) in [7, 11) is 1.55. The van der Waals surface area contributed by atoms with Crippen molar-refractivity contribution in [3.05, 3.63) is 41.2 Å². The molecule has 0 spiro atoms. The molecular weight excluding hydrogens is 371 g/mol. The zero-order chi connectivity index (χ0) is 21.2. The Morgan fingerprint density at radius 2 is 1.87 bits per heavy atom. The van der Waals surface area contributed by atoms with Crippen LogP contribution >= 0.6 is 0 Å². The second kappa shape index (κ2) is 11.9. The Hall–Kier alpha value is -1.31. The molecule has 0 radical (unpaired) electrons. The second-order valence-electron chi connectivity index (χ2n) is 9.96. The predicted molar refractivity (Wildman–Crippen MR) is 126 cm³/mol. The van der Waals surface area contributed by atoms with Crippen molar-refractivity contribution in [3.8, 4) is 5.75 Å². The predicted octanol–water partition coefficient (Wildman–Crippen LogP) is 9.12. The largest absolute Gasteiger partial charge is 0.494 e. The van der Waals surface area contributed by atoms with Crippen molar-refractivity contribution < 1.29 is 9.13 Å². The van der Waals surface area contributed by atoms with Gasteiger partial charge in [-0.2, -0.15) is 0 Å². The first kappa shape index (κ1) is 23.4. The molecule has 2 aliphatic carbocycles. The van der Waals surface area contributed by atoms with E-state index in [9.17, 15) is 4.39 Å². The highest BCUT2D eigenvalue weighted by Gasteiger charge is 2.32. The lowest BCUT2D eigenvalue weighted by Crippen LogP contribution is -2.25.